The zero-order chi connectivity index (χ0) is 12.8. The van der Waals surface area contributed by atoms with Crippen molar-refractivity contribution < 1.29 is 0 Å². The Bertz CT molecular complexity index is 403. The predicted octanol–water partition coefficient (Wildman–Crippen LogP) is 2.24. The molecule has 1 aromatic carbocycles. The molecule has 1 saturated heterocycles. The lowest BCUT2D eigenvalue weighted by Gasteiger charge is -2.30. The molecule has 3 heteroatoms. The van der Waals surface area contributed by atoms with Gasteiger partial charge in [-0.05, 0) is 37.9 Å². The van der Waals surface area contributed by atoms with E-state index < -0.39 is 5.54 Å². The smallest absolute Gasteiger partial charge is 0.131 e. The van der Waals surface area contributed by atoms with Gasteiger partial charge in [0.1, 0.15) is 5.54 Å². The van der Waals surface area contributed by atoms with Gasteiger partial charge in [0.05, 0.1) is 6.07 Å². The van der Waals surface area contributed by atoms with Crippen LogP contribution in [0.1, 0.15) is 31.2 Å². The number of nitrogens with two attached hydrogens (primary N) is 1. The van der Waals surface area contributed by atoms with E-state index >= 15 is 0 Å². The Morgan fingerprint density at radius 3 is 2.44 bits per heavy atom. The summed E-state index contributed by atoms with van der Waals surface area (Å²) in [5.74, 6) is 0. The highest BCUT2D eigenvalue weighted by molar-refractivity contribution is 5.30. The molecule has 0 saturated carbocycles. The fraction of sp³-hybridized carbons (Fsp3) is 0.533. The molecule has 1 unspecified atom stereocenters. The van der Waals surface area contributed by atoms with Crippen molar-refractivity contribution in [1.29, 1.82) is 5.26 Å². The highest BCUT2D eigenvalue weighted by atomic mass is 15.1. The first-order valence-electron chi connectivity index (χ1n) is 6.73. The molecule has 0 aromatic heterocycles. The van der Waals surface area contributed by atoms with Crippen LogP contribution in [0.5, 0.6) is 0 Å². The lowest BCUT2D eigenvalue weighted by molar-refractivity contribution is 0.214. The summed E-state index contributed by atoms with van der Waals surface area (Å²) in [4.78, 5) is 2.42. The number of piperidine rings is 1. The molecular formula is C15H21N3. The molecule has 1 atom stereocenters. The summed E-state index contributed by atoms with van der Waals surface area (Å²) in [7, 11) is 0. The Hall–Kier alpha value is -1.37. The minimum Gasteiger partial charge on any atom is -0.310 e. The third kappa shape index (κ3) is 3.10. The summed E-state index contributed by atoms with van der Waals surface area (Å²) < 4.78 is 0. The van der Waals surface area contributed by atoms with Crippen LogP contribution in [0.15, 0.2) is 30.3 Å². The molecular weight excluding hydrogens is 222 g/mol. The highest BCUT2D eigenvalue weighted by Crippen LogP contribution is 2.22. The van der Waals surface area contributed by atoms with Crippen LogP contribution in [-0.2, 0) is 5.54 Å². The van der Waals surface area contributed by atoms with Crippen molar-refractivity contribution in [1.82, 2.24) is 4.90 Å². The number of rotatable bonds is 4. The number of hydrogen-bond acceptors (Lipinski definition) is 3. The van der Waals surface area contributed by atoms with Crippen LogP contribution < -0.4 is 5.73 Å². The fourth-order valence-corrected chi connectivity index (χ4v) is 2.52. The minimum absolute atomic E-state index is 0.702. The Morgan fingerprint density at radius 1 is 1.17 bits per heavy atom. The second-order valence-electron chi connectivity index (χ2n) is 5.10. The van der Waals surface area contributed by atoms with Gasteiger partial charge in [0.25, 0.3) is 0 Å². The lowest BCUT2D eigenvalue weighted by Crippen LogP contribution is -2.40. The fourth-order valence-electron chi connectivity index (χ4n) is 2.52. The van der Waals surface area contributed by atoms with Crippen LogP contribution >= 0.6 is 0 Å². The molecule has 2 rings (SSSR count). The van der Waals surface area contributed by atoms with Crippen molar-refractivity contribution in [2.75, 3.05) is 19.6 Å². The minimum atomic E-state index is -0.849. The Labute approximate surface area is 109 Å². The summed E-state index contributed by atoms with van der Waals surface area (Å²) in [6.45, 7) is 3.21. The van der Waals surface area contributed by atoms with E-state index in [9.17, 15) is 5.26 Å². The lowest BCUT2D eigenvalue weighted by atomic mass is 9.89. The second kappa shape index (κ2) is 5.99. The molecule has 0 bridgehead atoms. The Morgan fingerprint density at radius 2 is 1.83 bits per heavy atom. The molecule has 96 valence electrons. The van der Waals surface area contributed by atoms with Crippen molar-refractivity contribution in [3.05, 3.63) is 35.9 Å². The first-order chi connectivity index (χ1) is 8.74. The zero-order valence-electron chi connectivity index (χ0n) is 10.8. The maximum Gasteiger partial charge on any atom is 0.131 e. The van der Waals surface area contributed by atoms with Crippen molar-refractivity contribution >= 4 is 0 Å². The molecule has 0 spiro atoms. The van der Waals surface area contributed by atoms with Gasteiger partial charge >= 0.3 is 0 Å². The summed E-state index contributed by atoms with van der Waals surface area (Å²) in [6.07, 6.45) is 4.58. The molecule has 1 heterocycles. The van der Waals surface area contributed by atoms with Gasteiger partial charge in [0.2, 0.25) is 0 Å². The largest absolute Gasteiger partial charge is 0.310 e. The molecule has 0 radical (unpaired) electrons. The van der Waals surface area contributed by atoms with E-state index in [1.807, 2.05) is 30.3 Å². The molecule has 18 heavy (non-hydrogen) atoms. The van der Waals surface area contributed by atoms with Gasteiger partial charge in [-0.1, -0.05) is 36.8 Å². The van der Waals surface area contributed by atoms with E-state index in [4.69, 9.17) is 5.73 Å². The predicted molar refractivity (Wildman–Crippen MR) is 72.8 cm³/mol. The molecule has 1 aromatic rings. The van der Waals surface area contributed by atoms with Crippen LogP contribution in [0.25, 0.3) is 0 Å². The van der Waals surface area contributed by atoms with Crippen LogP contribution in [0, 0.1) is 11.3 Å². The summed E-state index contributed by atoms with van der Waals surface area (Å²) >= 11 is 0. The van der Waals surface area contributed by atoms with E-state index in [2.05, 4.69) is 11.0 Å². The Kier molecular flexibility index (Phi) is 4.35. The standard InChI is InChI=1S/C15H21N3/c16-13-15(17,14-7-3-1-4-8-14)9-12-18-10-5-2-6-11-18/h1,3-4,7-8H,2,5-6,9-12,17H2. The van der Waals surface area contributed by atoms with E-state index in [1.54, 1.807) is 0 Å². The maximum absolute atomic E-state index is 9.37. The van der Waals surface area contributed by atoms with Crippen LogP contribution in [0.3, 0.4) is 0 Å². The van der Waals surface area contributed by atoms with Crippen LogP contribution in [-0.4, -0.2) is 24.5 Å². The number of benzene rings is 1. The molecule has 3 nitrogen and oxygen atoms in total. The molecule has 0 amide bonds. The first kappa shape index (κ1) is 13.1. The van der Waals surface area contributed by atoms with Crippen molar-refractivity contribution in [2.45, 2.75) is 31.2 Å². The van der Waals surface area contributed by atoms with Crippen molar-refractivity contribution in [2.24, 2.45) is 5.73 Å². The van der Waals surface area contributed by atoms with E-state index in [-0.39, 0.29) is 0 Å². The van der Waals surface area contributed by atoms with Gasteiger partial charge in [0, 0.05) is 6.54 Å². The number of hydrogen-bond donors (Lipinski definition) is 1. The number of nitrogens with zero attached hydrogens (tertiary/aromatic N) is 2. The third-order valence-corrected chi connectivity index (χ3v) is 3.76. The quantitative estimate of drug-likeness (QED) is 0.882. The summed E-state index contributed by atoms with van der Waals surface area (Å²) in [6, 6.07) is 12.0. The Balaban J connectivity index is 1.98. The van der Waals surface area contributed by atoms with Gasteiger partial charge in [-0.15, -0.1) is 0 Å². The third-order valence-electron chi connectivity index (χ3n) is 3.76. The number of nitriles is 1. The van der Waals surface area contributed by atoms with Crippen LogP contribution in [0.4, 0.5) is 0 Å². The van der Waals surface area contributed by atoms with E-state index in [0.29, 0.717) is 6.42 Å². The summed E-state index contributed by atoms with van der Waals surface area (Å²) in [5, 5.41) is 9.37. The molecule has 1 aliphatic rings. The monoisotopic (exact) mass is 243 g/mol. The molecule has 2 N–H and O–H groups in total. The SMILES string of the molecule is N#CC(N)(CCN1CCCCC1)c1ccccc1. The topological polar surface area (TPSA) is 53.1 Å². The van der Waals surface area contributed by atoms with Crippen molar-refractivity contribution in [3.8, 4) is 6.07 Å². The van der Waals surface area contributed by atoms with E-state index in [0.717, 1.165) is 25.2 Å². The van der Waals surface area contributed by atoms with Gasteiger partial charge in [-0.2, -0.15) is 5.26 Å². The number of likely N-dealkylation sites (tertiary alicyclic amines) is 1. The van der Waals surface area contributed by atoms with Gasteiger partial charge in [0.15, 0.2) is 0 Å². The first-order valence-corrected chi connectivity index (χ1v) is 6.73. The van der Waals surface area contributed by atoms with Crippen molar-refractivity contribution in [3.63, 3.8) is 0 Å². The van der Waals surface area contributed by atoms with Crippen LogP contribution in [0.2, 0.25) is 0 Å². The van der Waals surface area contributed by atoms with E-state index in [1.165, 1.54) is 19.3 Å². The highest BCUT2D eigenvalue weighted by Gasteiger charge is 2.27. The maximum atomic E-state index is 9.37. The van der Waals surface area contributed by atoms with Gasteiger partial charge in [-0.3, -0.25) is 0 Å². The normalized spacial score (nSPS) is 20.0. The average molecular weight is 243 g/mol. The van der Waals surface area contributed by atoms with Gasteiger partial charge < -0.3 is 10.6 Å². The second-order valence-corrected chi connectivity index (χ2v) is 5.10. The van der Waals surface area contributed by atoms with Gasteiger partial charge in [-0.25, -0.2) is 0 Å². The molecule has 1 aliphatic heterocycles. The molecule has 1 fully saturated rings. The molecule has 0 aliphatic carbocycles. The summed E-state index contributed by atoms with van der Waals surface area (Å²) in [5.41, 5.74) is 6.32. The zero-order valence-corrected chi connectivity index (χ0v) is 10.8. The average Bonchev–Trinajstić information content (AvgIpc) is 2.47.